The van der Waals surface area contributed by atoms with Crippen LogP contribution in [0.3, 0.4) is 0 Å². The van der Waals surface area contributed by atoms with Crippen molar-refractivity contribution in [3.63, 3.8) is 0 Å². The van der Waals surface area contributed by atoms with Crippen LogP contribution < -0.4 is 9.47 Å². The highest BCUT2D eigenvalue weighted by molar-refractivity contribution is 5.72. The van der Waals surface area contributed by atoms with E-state index in [0.29, 0.717) is 17.2 Å². The van der Waals surface area contributed by atoms with Crippen LogP contribution in [0.15, 0.2) is 72.8 Å². The molecule has 25 heavy (non-hydrogen) atoms. The molecule has 0 amide bonds. The molecule has 3 heteroatoms. The molecular weight excluding hydrogens is 312 g/mol. The maximum atomic E-state index is 11.7. The van der Waals surface area contributed by atoms with Gasteiger partial charge in [0.25, 0.3) is 0 Å². The topological polar surface area (TPSA) is 38.4 Å². The fourth-order valence-electron chi connectivity index (χ4n) is 2.52. The molecule has 0 aliphatic rings. The van der Waals surface area contributed by atoms with Gasteiger partial charge in [-0.15, -0.1) is 0 Å². The molecule has 0 saturated carbocycles. The van der Waals surface area contributed by atoms with E-state index in [1.165, 1.54) is 0 Å². The molecule has 0 atom stereocenters. The molecule has 0 bridgehead atoms. The lowest BCUT2D eigenvalue weighted by atomic mass is 10.0. The molecule has 0 aromatic heterocycles. The van der Waals surface area contributed by atoms with Crippen molar-refractivity contribution >= 4 is 0 Å². The molecule has 0 fully saturated rings. The van der Waals surface area contributed by atoms with Gasteiger partial charge in [0.2, 0.25) is 0 Å². The van der Waals surface area contributed by atoms with E-state index in [1.54, 1.807) is 18.2 Å². The Hall–Kier alpha value is -2.94. The minimum Gasteiger partial charge on any atom is -0.484 e. The van der Waals surface area contributed by atoms with E-state index in [9.17, 15) is 5.11 Å². The molecule has 0 unspecified atom stereocenters. The summed E-state index contributed by atoms with van der Waals surface area (Å²) in [7, 11) is 0. The van der Waals surface area contributed by atoms with E-state index >= 15 is 0 Å². The van der Waals surface area contributed by atoms with Gasteiger partial charge in [-0.25, -0.2) is 0 Å². The highest BCUT2D eigenvalue weighted by Crippen LogP contribution is 2.38. The fraction of sp³-hybridized carbons (Fsp3) is 0.182. The Labute approximate surface area is 148 Å². The first-order valence-electron chi connectivity index (χ1n) is 8.25. The zero-order valence-electron chi connectivity index (χ0n) is 14.7. The number of para-hydroxylation sites is 3. The lowest BCUT2D eigenvalue weighted by molar-refractivity contribution is 0.126. The van der Waals surface area contributed by atoms with E-state index in [0.717, 1.165) is 11.1 Å². The fourth-order valence-corrected chi connectivity index (χ4v) is 2.52. The summed E-state index contributed by atoms with van der Waals surface area (Å²) >= 11 is 0. The molecule has 127 valence electrons. The zero-order chi connectivity index (χ0) is 17.9. The van der Waals surface area contributed by atoms with Crippen LogP contribution in [0, 0.1) is 0 Å². The first kappa shape index (κ1) is 16.9. The molecule has 3 rings (SSSR count). The number of ether oxygens (including phenoxy) is 2. The van der Waals surface area contributed by atoms with E-state index in [-0.39, 0.29) is 11.4 Å². The van der Waals surface area contributed by atoms with Crippen LogP contribution in [-0.2, 0) is 5.11 Å². The van der Waals surface area contributed by atoms with Gasteiger partial charge in [-0.3, -0.25) is 5.11 Å². The summed E-state index contributed by atoms with van der Waals surface area (Å²) in [5, 5.41) is 11.7. The third-order valence-corrected chi connectivity index (χ3v) is 3.52. The standard InChI is InChI=1S/C22H21O3/c1-22(2,3)25-21-14-7-6-13-20(21)24-19-12-5-4-11-18(19)16-9-8-10-17(23)15-16/h4-15H,1-3H3. The SMILES string of the molecule is CC(C)(C)Oc1ccccc1Oc1ccccc1-c1cccc([O])c1. The van der Waals surface area contributed by atoms with E-state index in [4.69, 9.17) is 9.47 Å². The second-order valence-electron chi connectivity index (χ2n) is 6.79. The molecule has 0 saturated heterocycles. The van der Waals surface area contributed by atoms with Crippen LogP contribution in [0.4, 0.5) is 0 Å². The summed E-state index contributed by atoms with van der Waals surface area (Å²) in [6.07, 6.45) is 0. The lowest BCUT2D eigenvalue weighted by Crippen LogP contribution is -2.23. The Bertz CT molecular complexity index is 863. The lowest BCUT2D eigenvalue weighted by Gasteiger charge is -2.23. The average molecular weight is 333 g/mol. The zero-order valence-corrected chi connectivity index (χ0v) is 14.7. The van der Waals surface area contributed by atoms with Gasteiger partial charge >= 0.3 is 0 Å². The average Bonchev–Trinajstić information content (AvgIpc) is 2.56. The largest absolute Gasteiger partial charge is 0.484 e. The van der Waals surface area contributed by atoms with Gasteiger partial charge in [0.1, 0.15) is 11.4 Å². The van der Waals surface area contributed by atoms with Crippen LogP contribution in [0.2, 0.25) is 0 Å². The predicted octanol–water partition coefficient (Wildman–Crippen LogP) is 6.47. The van der Waals surface area contributed by atoms with E-state index in [1.807, 2.05) is 75.4 Å². The molecule has 0 N–H and O–H groups in total. The first-order chi connectivity index (χ1) is 11.9. The normalized spacial score (nSPS) is 11.2. The minimum atomic E-state index is -0.324. The van der Waals surface area contributed by atoms with Crippen LogP contribution in [0.25, 0.3) is 11.1 Å². The highest BCUT2D eigenvalue weighted by atomic mass is 16.5. The van der Waals surface area contributed by atoms with Gasteiger partial charge in [-0.2, -0.15) is 0 Å². The third kappa shape index (κ3) is 4.32. The van der Waals surface area contributed by atoms with Gasteiger partial charge in [-0.1, -0.05) is 42.5 Å². The molecule has 1 radical (unpaired) electrons. The Morgan fingerprint density at radius 2 is 1.36 bits per heavy atom. The predicted molar refractivity (Wildman–Crippen MR) is 98.9 cm³/mol. The maximum absolute atomic E-state index is 11.7. The Kier molecular flexibility index (Phi) is 4.66. The van der Waals surface area contributed by atoms with Gasteiger partial charge in [0, 0.05) is 5.56 Å². The summed E-state index contributed by atoms with van der Waals surface area (Å²) in [6.45, 7) is 5.99. The van der Waals surface area contributed by atoms with Crippen LogP contribution in [0.5, 0.6) is 23.0 Å². The summed E-state index contributed by atoms with van der Waals surface area (Å²) in [5.74, 6) is 1.98. The second kappa shape index (κ2) is 6.89. The second-order valence-corrected chi connectivity index (χ2v) is 6.79. The maximum Gasteiger partial charge on any atom is 0.179 e. The van der Waals surface area contributed by atoms with Crippen molar-refractivity contribution in [2.45, 2.75) is 26.4 Å². The Balaban J connectivity index is 1.98. The van der Waals surface area contributed by atoms with Gasteiger partial charge in [0.15, 0.2) is 17.2 Å². The molecule has 0 heterocycles. The third-order valence-electron chi connectivity index (χ3n) is 3.52. The van der Waals surface area contributed by atoms with E-state index < -0.39 is 0 Å². The summed E-state index contributed by atoms with van der Waals surface area (Å²) < 4.78 is 12.1. The number of hydrogen-bond donors (Lipinski definition) is 0. The molecule has 0 spiro atoms. The molecular formula is C22H21O3. The summed E-state index contributed by atoms with van der Waals surface area (Å²) in [5.41, 5.74) is 1.37. The van der Waals surface area contributed by atoms with Crippen molar-refractivity contribution < 1.29 is 14.6 Å². The smallest absolute Gasteiger partial charge is 0.179 e. The van der Waals surface area contributed by atoms with Gasteiger partial charge < -0.3 is 9.47 Å². The van der Waals surface area contributed by atoms with Crippen molar-refractivity contribution in [1.82, 2.24) is 0 Å². The minimum absolute atomic E-state index is 0.0243. The number of rotatable bonds is 4. The van der Waals surface area contributed by atoms with Crippen LogP contribution in [0.1, 0.15) is 20.8 Å². The number of benzene rings is 3. The first-order valence-corrected chi connectivity index (χ1v) is 8.25. The molecule has 3 aromatic rings. The van der Waals surface area contributed by atoms with E-state index in [2.05, 4.69) is 0 Å². The molecule has 0 aliphatic carbocycles. The van der Waals surface area contributed by atoms with Crippen molar-refractivity contribution in [2.24, 2.45) is 0 Å². The van der Waals surface area contributed by atoms with Crippen LogP contribution >= 0.6 is 0 Å². The van der Waals surface area contributed by atoms with Gasteiger partial charge in [-0.05, 0) is 56.7 Å². The Morgan fingerprint density at radius 3 is 2.04 bits per heavy atom. The van der Waals surface area contributed by atoms with Crippen molar-refractivity contribution in [3.8, 4) is 34.1 Å². The Morgan fingerprint density at radius 1 is 0.720 bits per heavy atom. The van der Waals surface area contributed by atoms with Crippen molar-refractivity contribution in [3.05, 3.63) is 72.8 Å². The quantitative estimate of drug-likeness (QED) is 0.549. The summed E-state index contributed by atoms with van der Waals surface area (Å²) in [6, 6.07) is 22.1. The number of hydrogen-bond acceptors (Lipinski definition) is 2. The van der Waals surface area contributed by atoms with Crippen molar-refractivity contribution in [1.29, 1.82) is 0 Å². The van der Waals surface area contributed by atoms with Gasteiger partial charge in [0.05, 0.1) is 0 Å². The molecule has 3 aromatic carbocycles. The monoisotopic (exact) mass is 333 g/mol. The van der Waals surface area contributed by atoms with Crippen molar-refractivity contribution in [2.75, 3.05) is 0 Å². The molecule has 3 nitrogen and oxygen atoms in total. The highest BCUT2D eigenvalue weighted by Gasteiger charge is 2.16. The van der Waals surface area contributed by atoms with Crippen LogP contribution in [-0.4, -0.2) is 5.60 Å². The summed E-state index contributed by atoms with van der Waals surface area (Å²) in [4.78, 5) is 0. The molecule has 0 aliphatic heterocycles.